The number of hydrogen-bond acceptors (Lipinski definition) is 8. The van der Waals surface area contributed by atoms with Crippen molar-refractivity contribution in [3.8, 4) is 0 Å². The molecule has 1 unspecified atom stereocenters. The van der Waals surface area contributed by atoms with E-state index in [1.807, 2.05) is 0 Å². The minimum Gasteiger partial charge on any atom is -0.376 e. The molecule has 1 rings (SSSR count). The summed E-state index contributed by atoms with van der Waals surface area (Å²) in [6.07, 6.45) is -3.80. The predicted octanol–water partition coefficient (Wildman–Crippen LogP) is -2.32. The van der Waals surface area contributed by atoms with Gasteiger partial charge in [0.2, 0.25) is 11.2 Å². The van der Waals surface area contributed by atoms with Crippen LogP contribution in [0.4, 0.5) is 0 Å². The van der Waals surface area contributed by atoms with Crippen LogP contribution < -0.4 is 0 Å². The first kappa shape index (κ1) is 16.9. The molecule has 0 aliphatic carbocycles. The summed E-state index contributed by atoms with van der Waals surface area (Å²) in [4.78, 5) is 35.2. The molecular weight excluding hydrogens is 272 g/mol. The Kier molecular flexibility index (Phi) is 3.94. The summed E-state index contributed by atoms with van der Waals surface area (Å²) in [5.74, 6) is -3.56. The Morgan fingerprint density at radius 2 is 1.30 bits per heavy atom. The molecule has 1 aliphatic rings. The van der Waals surface area contributed by atoms with Crippen molar-refractivity contribution in [2.45, 2.75) is 56.9 Å². The van der Waals surface area contributed by atoms with Crippen molar-refractivity contribution < 1.29 is 39.5 Å². The molecule has 0 bridgehead atoms. The van der Waals surface area contributed by atoms with Gasteiger partial charge in [0.05, 0.1) is 6.10 Å². The van der Waals surface area contributed by atoms with E-state index in [0.29, 0.717) is 0 Å². The zero-order valence-electron chi connectivity index (χ0n) is 11.6. The number of hydrogen-bond donors (Lipinski definition) is 4. The third kappa shape index (κ3) is 1.63. The molecular formula is C12H18O8. The largest absolute Gasteiger partial charge is 0.376 e. The lowest BCUT2D eigenvalue weighted by Gasteiger charge is -2.55. The molecule has 5 atom stereocenters. The van der Waals surface area contributed by atoms with E-state index in [-0.39, 0.29) is 0 Å². The van der Waals surface area contributed by atoms with Gasteiger partial charge >= 0.3 is 0 Å². The first-order valence-electron chi connectivity index (χ1n) is 5.92. The maximum atomic E-state index is 11.8. The highest BCUT2D eigenvalue weighted by molar-refractivity contribution is 6.05. The minimum atomic E-state index is -3.23. The fourth-order valence-corrected chi connectivity index (χ4v) is 2.66. The highest BCUT2D eigenvalue weighted by atomic mass is 16.6. The fourth-order valence-electron chi connectivity index (χ4n) is 2.66. The molecule has 0 amide bonds. The molecule has 8 nitrogen and oxygen atoms in total. The zero-order valence-corrected chi connectivity index (χ0v) is 11.6. The van der Waals surface area contributed by atoms with Gasteiger partial charge in [0.15, 0.2) is 29.2 Å². The monoisotopic (exact) mass is 290 g/mol. The van der Waals surface area contributed by atoms with Gasteiger partial charge in [-0.2, -0.15) is 0 Å². The van der Waals surface area contributed by atoms with E-state index in [9.17, 15) is 34.8 Å². The lowest BCUT2D eigenvalue weighted by molar-refractivity contribution is -0.353. The molecule has 0 aromatic carbocycles. The van der Waals surface area contributed by atoms with Gasteiger partial charge in [0.25, 0.3) is 0 Å². The van der Waals surface area contributed by atoms with Crippen molar-refractivity contribution in [2.24, 2.45) is 0 Å². The molecule has 4 N–H and O–H groups in total. The zero-order chi connectivity index (χ0) is 16.1. The Morgan fingerprint density at radius 3 is 1.60 bits per heavy atom. The highest BCUT2D eigenvalue weighted by Crippen LogP contribution is 2.45. The van der Waals surface area contributed by atoms with Gasteiger partial charge < -0.3 is 25.2 Å². The van der Waals surface area contributed by atoms with E-state index in [1.165, 1.54) is 0 Å². The Bertz CT molecular complexity index is 440. The third-order valence-electron chi connectivity index (χ3n) is 3.96. The van der Waals surface area contributed by atoms with Crippen LogP contribution in [-0.2, 0) is 19.1 Å². The van der Waals surface area contributed by atoms with Crippen LogP contribution in [0.25, 0.3) is 0 Å². The SMILES string of the molecule is CC(=O)[C@]1(O)[C@](O)(C(C)=O)C(O)O[C@@H](C)[C@@]1(O)C(C)=O. The molecule has 114 valence electrons. The van der Waals surface area contributed by atoms with E-state index < -0.39 is 46.5 Å². The molecule has 20 heavy (non-hydrogen) atoms. The quantitative estimate of drug-likeness (QED) is 0.454. The topological polar surface area (TPSA) is 141 Å². The Balaban J connectivity index is 3.76. The van der Waals surface area contributed by atoms with E-state index in [2.05, 4.69) is 0 Å². The number of carbonyl (C=O) groups is 3. The van der Waals surface area contributed by atoms with Gasteiger partial charge in [-0.1, -0.05) is 0 Å². The average molecular weight is 290 g/mol. The lowest BCUT2D eigenvalue weighted by Crippen LogP contribution is -2.85. The highest BCUT2D eigenvalue weighted by Gasteiger charge is 2.77. The molecule has 0 radical (unpaired) electrons. The summed E-state index contributed by atoms with van der Waals surface area (Å²) in [6, 6.07) is 0. The first-order valence-corrected chi connectivity index (χ1v) is 5.92. The summed E-state index contributed by atoms with van der Waals surface area (Å²) in [7, 11) is 0. The van der Waals surface area contributed by atoms with Crippen LogP contribution in [0.2, 0.25) is 0 Å². The van der Waals surface area contributed by atoms with Gasteiger partial charge in [0, 0.05) is 0 Å². The Morgan fingerprint density at radius 1 is 0.900 bits per heavy atom. The van der Waals surface area contributed by atoms with Gasteiger partial charge in [-0.15, -0.1) is 0 Å². The molecule has 1 fully saturated rings. The normalized spacial score (nSPS) is 45.0. The van der Waals surface area contributed by atoms with Crippen molar-refractivity contribution in [1.82, 2.24) is 0 Å². The summed E-state index contributed by atoms with van der Waals surface area (Å²) in [5.41, 5.74) is -9.26. The first-order chi connectivity index (χ1) is 8.88. The van der Waals surface area contributed by atoms with Crippen molar-refractivity contribution >= 4 is 17.3 Å². The van der Waals surface area contributed by atoms with Gasteiger partial charge in [0.1, 0.15) is 0 Å². The van der Waals surface area contributed by atoms with Gasteiger partial charge in [-0.3, -0.25) is 14.4 Å². The molecule has 1 heterocycles. The van der Waals surface area contributed by atoms with Gasteiger partial charge in [-0.05, 0) is 27.7 Å². The second-order valence-corrected chi connectivity index (χ2v) is 5.04. The minimum absolute atomic E-state index is 0.784. The van der Waals surface area contributed by atoms with Crippen LogP contribution in [0.3, 0.4) is 0 Å². The molecule has 8 heteroatoms. The van der Waals surface area contributed by atoms with Crippen molar-refractivity contribution in [3.05, 3.63) is 0 Å². The number of aliphatic hydroxyl groups is 4. The number of ketones is 3. The van der Waals surface area contributed by atoms with E-state index in [0.717, 1.165) is 27.7 Å². The number of ether oxygens (including phenoxy) is 1. The number of rotatable bonds is 3. The Hall–Kier alpha value is -1.19. The lowest BCUT2D eigenvalue weighted by atomic mass is 9.61. The summed E-state index contributed by atoms with van der Waals surface area (Å²) in [6.45, 7) is 3.56. The van der Waals surface area contributed by atoms with E-state index in [1.54, 1.807) is 0 Å². The second-order valence-electron chi connectivity index (χ2n) is 5.04. The van der Waals surface area contributed by atoms with Crippen LogP contribution in [0, 0.1) is 0 Å². The maximum Gasteiger partial charge on any atom is 0.213 e. The van der Waals surface area contributed by atoms with Crippen LogP contribution in [0.5, 0.6) is 0 Å². The second kappa shape index (κ2) is 4.68. The molecule has 0 spiro atoms. The summed E-state index contributed by atoms with van der Waals surface area (Å²) < 4.78 is 4.79. The van der Waals surface area contributed by atoms with Crippen molar-refractivity contribution in [3.63, 3.8) is 0 Å². The molecule has 1 saturated heterocycles. The average Bonchev–Trinajstić information content (AvgIpc) is 2.32. The number of aliphatic hydroxyl groups excluding tert-OH is 1. The van der Waals surface area contributed by atoms with Crippen molar-refractivity contribution in [2.75, 3.05) is 0 Å². The summed E-state index contributed by atoms with van der Waals surface area (Å²) in [5, 5.41) is 41.0. The van der Waals surface area contributed by atoms with Crippen LogP contribution in [-0.4, -0.2) is 67.0 Å². The van der Waals surface area contributed by atoms with Crippen LogP contribution in [0.1, 0.15) is 27.7 Å². The van der Waals surface area contributed by atoms with Gasteiger partial charge in [-0.25, -0.2) is 0 Å². The number of carbonyl (C=O) groups excluding carboxylic acids is 3. The smallest absolute Gasteiger partial charge is 0.213 e. The van der Waals surface area contributed by atoms with Crippen molar-refractivity contribution in [1.29, 1.82) is 0 Å². The van der Waals surface area contributed by atoms with E-state index >= 15 is 0 Å². The predicted molar refractivity (Wildman–Crippen MR) is 63.4 cm³/mol. The molecule has 1 aliphatic heterocycles. The summed E-state index contributed by atoms with van der Waals surface area (Å²) >= 11 is 0. The molecule has 0 aromatic rings. The fraction of sp³-hybridized carbons (Fsp3) is 0.750. The van der Waals surface area contributed by atoms with Crippen LogP contribution in [0.15, 0.2) is 0 Å². The standard InChI is InChI=1S/C12H18O8/c1-5(13)10(17)8(4)20-9(16)11(18,6(2)14)12(10,19)7(3)15/h8-9,16-19H,1-4H3/t8-,9?,10-,11-,12+/m0/s1. The van der Waals surface area contributed by atoms with Crippen LogP contribution >= 0.6 is 0 Å². The van der Waals surface area contributed by atoms with E-state index in [4.69, 9.17) is 4.74 Å². The Labute approximate surface area is 115 Å². The third-order valence-corrected chi connectivity index (χ3v) is 3.96. The molecule has 0 aromatic heterocycles. The number of Topliss-reactive ketones (excluding diaryl/α,β-unsaturated/α-hetero) is 3. The maximum absolute atomic E-state index is 11.8. The molecule has 0 saturated carbocycles.